The first-order valence-corrected chi connectivity index (χ1v) is 5.84. The minimum Gasteiger partial charge on any atom is -0.493 e. The molecule has 1 heterocycles. The van der Waals surface area contributed by atoms with Crippen LogP contribution in [0.15, 0.2) is 30.5 Å². The Morgan fingerprint density at radius 1 is 1.30 bits per heavy atom. The van der Waals surface area contributed by atoms with Crippen LogP contribution in [-0.4, -0.2) is 16.9 Å². The minimum absolute atomic E-state index is 0.0121. The van der Waals surface area contributed by atoms with Gasteiger partial charge in [0.2, 0.25) is 0 Å². The molecule has 20 heavy (non-hydrogen) atoms. The van der Waals surface area contributed by atoms with Gasteiger partial charge in [-0.25, -0.2) is 0 Å². The minimum atomic E-state index is -4.46. The Labute approximate surface area is 114 Å². The molecule has 2 aromatic rings. The highest BCUT2D eigenvalue weighted by molar-refractivity contribution is 5.41. The third-order valence-corrected chi connectivity index (χ3v) is 3.07. The van der Waals surface area contributed by atoms with Gasteiger partial charge in [-0.2, -0.15) is 18.3 Å². The summed E-state index contributed by atoms with van der Waals surface area (Å²) in [6.07, 6.45) is -3.04. The molecular weight excluding hydrogens is 271 g/mol. The molecule has 0 fully saturated rings. The molecule has 0 saturated heterocycles. The highest BCUT2D eigenvalue weighted by Crippen LogP contribution is 2.37. The van der Waals surface area contributed by atoms with E-state index >= 15 is 0 Å². The van der Waals surface area contributed by atoms with Gasteiger partial charge in [-0.15, -0.1) is 0 Å². The molecule has 7 heteroatoms. The summed E-state index contributed by atoms with van der Waals surface area (Å²) in [5, 5.41) is 3.96. The molecule has 1 atom stereocenters. The first kappa shape index (κ1) is 14.4. The van der Waals surface area contributed by atoms with E-state index in [-0.39, 0.29) is 5.56 Å². The Morgan fingerprint density at radius 3 is 2.55 bits per heavy atom. The molecule has 0 aliphatic heterocycles. The molecule has 0 radical (unpaired) electrons. The number of alkyl halides is 3. The van der Waals surface area contributed by atoms with E-state index in [1.165, 1.54) is 36.2 Å². The maximum atomic E-state index is 13.0. The van der Waals surface area contributed by atoms with Crippen molar-refractivity contribution in [2.24, 2.45) is 12.8 Å². The molecule has 0 spiro atoms. The number of aryl methyl sites for hydroxylation is 1. The van der Waals surface area contributed by atoms with E-state index in [2.05, 4.69) is 5.10 Å². The van der Waals surface area contributed by atoms with Crippen LogP contribution >= 0.6 is 0 Å². The number of halogens is 3. The second kappa shape index (κ2) is 5.16. The number of benzene rings is 1. The van der Waals surface area contributed by atoms with Gasteiger partial charge in [0.05, 0.1) is 24.9 Å². The fourth-order valence-electron chi connectivity index (χ4n) is 2.11. The van der Waals surface area contributed by atoms with E-state index in [1.54, 1.807) is 7.05 Å². The van der Waals surface area contributed by atoms with Crippen molar-refractivity contribution in [3.63, 3.8) is 0 Å². The summed E-state index contributed by atoms with van der Waals surface area (Å²) in [7, 11) is 3.02. The van der Waals surface area contributed by atoms with Gasteiger partial charge in [-0.1, -0.05) is 18.2 Å². The average molecular weight is 285 g/mol. The smallest absolute Gasteiger partial charge is 0.416 e. The van der Waals surface area contributed by atoms with Gasteiger partial charge in [-0.3, -0.25) is 4.68 Å². The number of hydrogen-bond acceptors (Lipinski definition) is 3. The molecule has 1 aromatic carbocycles. The lowest BCUT2D eigenvalue weighted by atomic mass is 9.98. The lowest BCUT2D eigenvalue weighted by Crippen LogP contribution is -2.21. The fraction of sp³-hybridized carbons (Fsp3) is 0.308. The molecular formula is C13H14F3N3O. The van der Waals surface area contributed by atoms with Gasteiger partial charge >= 0.3 is 6.18 Å². The Morgan fingerprint density at radius 2 is 1.95 bits per heavy atom. The highest BCUT2D eigenvalue weighted by Gasteiger charge is 2.35. The Bertz CT molecular complexity index is 607. The van der Waals surface area contributed by atoms with Crippen molar-refractivity contribution in [1.82, 2.24) is 9.78 Å². The summed E-state index contributed by atoms with van der Waals surface area (Å²) in [4.78, 5) is 0. The predicted octanol–water partition coefficient (Wildman–Crippen LogP) is 2.50. The van der Waals surface area contributed by atoms with E-state index in [9.17, 15) is 13.2 Å². The number of rotatable bonds is 3. The van der Waals surface area contributed by atoms with Gasteiger partial charge in [0.1, 0.15) is 5.69 Å². The molecule has 1 unspecified atom stereocenters. The maximum Gasteiger partial charge on any atom is 0.416 e. The van der Waals surface area contributed by atoms with Crippen molar-refractivity contribution in [2.75, 3.05) is 7.11 Å². The molecule has 1 aromatic heterocycles. The predicted molar refractivity (Wildman–Crippen MR) is 67.2 cm³/mol. The van der Waals surface area contributed by atoms with Crippen molar-refractivity contribution in [3.8, 4) is 5.75 Å². The van der Waals surface area contributed by atoms with Gasteiger partial charge in [0.25, 0.3) is 0 Å². The van der Waals surface area contributed by atoms with E-state index in [0.717, 1.165) is 6.07 Å². The lowest BCUT2D eigenvalue weighted by molar-refractivity contribution is -0.138. The normalized spacial score (nSPS) is 13.3. The number of ether oxygens (including phenoxy) is 1. The second-order valence-corrected chi connectivity index (χ2v) is 4.28. The Hall–Kier alpha value is -2.02. The number of nitrogens with two attached hydrogens (primary N) is 1. The molecule has 108 valence electrons. The number of methoxy groups -OCH3 is 1. The summed E-state index contributed by atoms with van der Waals surface area (Å²) < 4.78 is 45.6. The number of nitrogens with zero attached hydrogens (tertiary/aromatic N) is 2. The quantitative estimate of drug-likeness (QED) is 0.942. The van der Waals surface area contributed by atoms with Crippen LogP contribution < -0.4 is 10.5 Å². The molecule has 0 aliphatic rings. The first-order valence-electron chi connectivity index (χ1n) is 5.84. The zero-order chi connectivity index (χ0) is 14.9. The number of aromatic nitrogens is 2. The molecule has 4 nitrogen and oxygen atoms in total. The van der Waals surface area contributed by atoms with Crippen molar-refractivity contribution < 1.29 is 17.9 Å². The SMILES string of the molecule is COc1cnn(C)c1C(N)c1ccccc1C(F)(F)F. The Kier molecular flexibility index (Phi) is 3.71. The van der Waals surface area contributed by atoms with Crippen LogP contribution in [0.5, 0.6) is 5.75 Å². The van der Waals surface area contributed by atoms with Crippen LogP contribution in [0.3, 0.4) is 0 Å². The summed E-state index contributed by atoms with van der Waals surface area (Å²) in [6, 6.07) is 4.25. The third-order valence-electron chi connectivity index (χ3n) is 3.07. The zero-order valence-electron chi connectivity index (χ0n) is 11.0. The average Bonchev–Trinajstić information content (AvgIpc) is 2.78. The van der Waals surface area contributed by atoms with Crippen LogP contribution in [0.2, 0.25) is 0 Å². The van der Waals surface area contributed by atoms with Crippen LogP contribution in [0.1, 0.15) is 22.9 Å². The van der Waals surface area contributed by atoms with Gasteiger partial charge < -0.3 is 10.5 Å². The summed E-state index contributed by atoms with van der Waals surface area (Å²) >= 11 is 0. The van der Waals surface area contributed by atoms with Crippen molar-refractivity contribution in [2.45, 2.75) is 12.2 Å². The zero-order valence-corrected chi connectivity index (χ0v) is 11.0. The van der Waals surface area contributed by atoms with Crippen molar-refractivity contribution in [3.05, 3.63) is 47.3 Å². The fourth-order valence-corrected chi connectivity index (χ4v) is 2.11. The van der Waals surface area contributed by atoms with Crippen molar-refractivity contribution in [1.29, 1.82) is 0 Å². The molecule has 0 aliphatic carbocycles. The molecule has 2 rings (SSSR count). The van der Waals surface area contributed by atoms with Crippen LogP contribution in [0.4, 0.5) is 13.2 Å². The molecule has 0 amide bonds. The highest BCUT2D eigenvalue weighted by atomic mass is 19.4. The monoisotopic (exact) mass is 285 g/mol. The van der Waals surface area contributed by atoms with Crippen LogP contribution in [0, 0.1) is 0 Å². The Balaban J connectivity index is 2.54. The topological polar surface area (TPSA) is 53.1 Å². The third kappa shape index (κ3) is 2.49. The van der Waals surface area contributed by atoms with E-state index < -0.39 is 17.8 Å². The first-order chi connectivity index (χ1) is 9.36. The summed E-state index contributed by atoms with van der Waals surface area (Å²) in [6.45, 7) is 0. The van der Waals surface area contributed by atoms with Gasteiger partial charge in [0, 0.05) is 7.05 Å². The summed E-state index contributed by atoms with van der Waals surface area (Å²) in [5.41, 5.74) is 5.62. The molecule has 2 N–H and O–H groups in total. The second-order valence-electron chi connectivity index (χ2n) is 4.28. The van der Waals surface area contributed by atoms with Gasteiger partial charge in [0.15, 0.2) is 5.75 Å². The molecule has 0 bridgehead atoms. The van der Waals surface area contributed by atoms with Crippen LogP contribution in [-0.2, 0) is 13.2 Å². The van der Waals surface area contributed by atoms with Gasteiger partial charge in [-0.05, 0) is 11.6 Å². The number of hydrogen-bond donors (Lipinski definition) is 1. The summed E-state index contributed by atoms with van der Waals surface area (Å²) in [5.74, 6) is 0.358. The van der Waals surface area contributed by atoms with E-state index in [1.807, 2.05) is 0 Å². The maximum absolute atomic E-state index is 13.0. The largest absolute Gasteiger partial charge is 0.493 e. The van der Waals surface area contributed by atoms with E-state index in [4.69, 9.17) is 10.5 Å². The van der Waals surface area contributed by atoms with Crippen LogP contribution in [0.25, 0.3) is 0 Å². The van der Waals surface area contributed by atoms with E-state index in [0.29, 0.717) is 11.4 Å². The lowest BCUT2D eigenvalue weighted by Gasteiger charge is -2.19. The molecule has 0 saturated carbocycles. The standard InChI is InChI=1S/C13H14F3N3O/c1-19-12(10(20-2)7-18-19)11(17)8-5-3-4-6-9(8)13(14,15)16/h3-7,11H,17H2,1-2H3. The van der Waals surface area contributed by atoms with Crippen molar-refractivity contribution >= 4 is 0 Å².